The summed E-state index contributed by atoms with van der Waals surface area (Å²) in [6.45, 7) is 3.65. The van der Waals surface area contributed by atoms with Crippen LogP contribution in [0.15, 0.2) is 64.9 Å². The maximum atomic E-state index is 12.0. The first kappa shape index (κ1) is 18.8. The average molecular weight is 355 g/mol. The molecular formula is C20H21NO3S. The first-order valence-corrected chi connectivity index (χ1v) is 8.91. The lowest BCUT2D eigenvalue weighted by atomic mass is 10.1. The number of nitrogens with one attached hydrogen (secondary N) is 1. The number of amides is 1. The Kier molecular flexibility index (Phi) is 7.29. The van der Waals surface area contributed by atoms with E-state index in [0.717, 1.165) is 28.1 Å². The first-order chi connectivity index (χ1) is 12.1. The van der Waals surface area contributed by atoms with E-state index in [1.54, 1.807) is 5.41 Å². The molecule has 25 heavy (non-hydrogen) atoms. The van der Waals surface area contributed by atoms with Crippen molar-refractivity contribution in [3.63, 3.8) is 0 Å². The molecule has 0 unspecified atom stereocenters. The van der Waals surface area contributed by atoms with E-state index in [1.165, 1.54) is 17.8 Å². The van der Waals surface area contributed by atoms with Crippen molar-refractivity contribution >= 4 is 29.3 Å². The van der Waals surface area contributed by atoms with E-state index in [9.17, 15) is 9.59 Å². The zero-order valence-corrected chi connectivity index (χ0v) is 15.1. The van der Waals surface area contributed by atoms with Crippen molar-refractivity contribution in [2.75, 3.05) is 11.9 Å². The summed E-state index contributed by atoms with van der Waals surface area (Å²) in [6, 6.07) is 15.5. The molecule has 0 atom stereocenters. The summed E-state index contributed by atoms with van der Waals surface area (Å²) < 4.78 is 4.98. The molecule has 4 nitrogen and oxygen atoms in total. The number of thioether (sulfide) groups is 1. The van der Waals surface area contributed by atoms with Gasteiger partial charge in [-0.15, -0.1) is 0 Å². The van der Waals surface area contributed by atoms with E-state index >= 15 is 0 Å². The number of hydrogen-bond donors (Lipinski definition) is 1. The highest BCUT2D eigenvalue weighted by Crippen LogP contribution is 2.21. The molecule has 0 fully saturated rings. The highest BCUT2D eigenvalue weighted by atomic mass is 32.2. The fourth-order valence-corrected chi connectivity index (χ4v) is 2.88. The maximum Gasteiger partial charge on any atom is 0.331 e. The lowest BCUT2D eigenvalue weighted by Crippen LogP contribution is -2.21. The molecule has 0 bridgehead atoms. The molecule has 0 saturated carbocycles. The Balaban J connectivity index is 1.81. The third kappa shape index (κ3) is 6.12. The number of carbonyl (C=O) groups excluding carboxylic acids is 2. The molecule has 1 N–H and O–H groups in total. The molecule has 2 aromatic rings. The van der Waals surface area contributed by atoms with Crippen LogP contribution in [0.3, 0.4) is 0 Å². The van der Waals surface area contributed by atoms with Crippen LogP contribution >= 0.6 is 11.8 Å². The van der Waals surface area contributed by atoms with Gasteiger partial charge in [-0.2, -0.15) is 0 Å². The Bertz CT molecular complexity index is 757. The predicted octanol–water partition coefficient (Wildman–Crippen LogP) is 4.35. The zero-order chi connectivity index (χ0) is 18.1. The number of esters is 1. The summed E-state index contributed by atoms with van der Waals surface area (Å²) in [5.74, 6) is -0.888. The van der Waals surface area contributed by atoms with Gasteiger partial charge in [0.2, 0.25) is 0 Å². The predicted molar refractivity (Wildman–Crippen MR) is 102 cm³/mol. The summed E-state index contributed by atoms with van der Waals surface area (Å²) in [5.41, 5.74) is 2.83. The molecule has 0 radical (unpaired) electrons. The van der Waals surface area contributed by atoms with Gasteiger partial charge in [-0.1, -0.05) is 55.1 Å². The Morgan fingerprint density at radius 2 is 1.88 bits per heavy atom. The molecule has 2 rings (SSSR count). The number of ether oxygens (including phenoxy) is 1. The number of hydrogen-bond acceptors (Lipinski definition) is 4. The zero-order valence-electron chi connectivity index (χ0n) is 14.3. The number of carbonyl (C=O) groups is 2. The second kappa shape index (κ2) is 9.69. The molecule has 1 amide bonds. The minimum atomic E-state index is -0.543. The Morgan fingerprint density at radius 3 is 2.60 bits per heavy atom. The van der Waals surface area contributed by atoms with E-state index in [-0.39, 0.29) is 12.5 Å². The molecule has 2 aromatic carbocycles. The van der Waals surface area contributed by atoms with E-state index in [1.807, 2.05) is 62.4 Å². The van der Waals surface area contributed by atoms with Gasteiger partial charge in [-0.3, -0.25) is 4.79 Å². The number of benzene rings is 2. The van der Waals surface area contributed by atoms with Gasteiger partial charge in [0.05, 0.1) is 0 Å². The molecular weight excluding hydrogens is 334 g/mol. The van der Waals surface area contributed by atoms with Gasteiger partial charge < -0.3 is 10.1 Å². The summed E-state index contributed by atoms with van der Waals surface area (Å²) >= 11 is 1.41. The quantitative estimate of drug-likeness (QED) is 0.456. The highest BCUT2D eigenvalue weighted by molar-refractivity contribution is 8.02. The van der Waals surface area contributed by atoms with Crippen LogP contribution in [0.2, 0.25) is 0 Å². The van der Waals surface area contributed by atoms with E-state index in [0.29, 0.717) is 0 Å². The highest BCUT2D eigenvalue weighted by Gasteiger charge is 2.10. The summed E-state index contributed by atoms with van der Waals surface area (Å²) in [7, 11) is 0. The second-order valence-corrected chi connectivity index (χ2v) is 6.33. The Morgan fingerprint density at radius 1 is 1.12 bits per heavy atom. The fraction of sp³-hybridized carbons (Fsp3) is 0.200. The Labute approximate surface area is 152 Å². The monoisotopic (exact) mass is 355 g/mol. The minimum Gasteiger partial charge on any atom is -0.452 e. The van der Waals surface area contributed by atoms with Crippen LogP contribution in [0.25, 0.3) is 0 Å². The van der Waals surface area contributed by atoms with Gasteiger partial charge in [-0.25, -0.2) is 4.79 Å². The number of rotatable bonds is 7. The summed E-state index contributed by atoms with van der Waals surface area (Å²) in [4.78, 5) is 24.7. The van der Waals surface area contributed by atoms with Crippen LogP contribution in [0.5, 0.6) is 0 Å². The van der Waals surface area contributed by atoms with E-state index < -0.39 is 5.97 Å². The van der Waals surface area contributed by atoms with E-state index in [2.05, 4.69) is 5.32 Å². The van der Waals surface area contributed by atoms with Crippen LogP contribution in [0, 0.1) is 6.92 Å². The van der Waals surface area contributed by atoms with Gasteiger partial charge >= 0.3 is 5.97 Å². The third-order valence-corrected chi connectivity index (χ3v) is 4.32. The van der Waals surface area contributed by atoms with Crippen molar-refractivity contribution in [2.45, 2.75) is 25.2 Å². The van der Waals surface area contributed by atoms with Crippen LogP contribution < -0.4 is 5.32 Å². The van der Waals surface area contributed by atoms with Gasteiger partial charge in [0, 0.05) is 16.7 Å². The van der Waals surface area contributed by atoms with Crippen LogP contribution in [-0.2, 0) is 20.7 Å². The van der Waals surface area contributed by atoms with Gasteiger partial charge in [0.1, 0.15) is 0 Å². The van der Waals surface area contributed by atoms with Crippen LogP contribution in [0.1, 0.15) is 18.1 Å². The minimum absolute atomic E-state index is 0.309. The lowest BCUT2D eigenvalue weighted by Gasteiger charge is -2.12. The number of para-hydroxylation sites is 1. The average Bonchev–Trinajstić information content (AvgIpc) is 2.62. The van der Waals surface area contributed by atoms with Gasteiger partial charge in [0.25, 0.3) is 5.91 Å². The molecule has 0 saturated heterocycles. The lowest BCUT2D eigenvalue weighted by molar-refractivity contribution is -0.142. The van der Waals surface area contributed by atoms with Crippen LogP contribution in [0.4, 0.5) is 5.69 Å². The summed E-state index contributed by atoms with van der Waals surface area (Å²) in [6.07, 6.45) is 2.13. The molecule has 5 heteroatoms. The summed E-state index contributed by atoms with van der Waals surface area (Å²) in [5, 5.41) is 4.47. The molecule has 130 valence electrons. The molecule has 0 aliphatic rings. The van der Waals surface area contributed by atoms with Crippen molar-refractivity contribution < 1.29 is 14.3 Å². The second-order valence-electron chi connectivity index (χ2n) is 5.35. The van der Waals surface area contributed by atoms with Crippen molar-refractivity contribution in [1.82, 2.24) is 0 Å². The first-order valence-electron chi connectivity index (χ1n) is 8.03. The SMILES string of the molecule is CCc1cccc(C)c1NC(=O)COC(=O)/C=C/Sc1ccccc1. The Hall–Kier alpha value is -2.53. The smallest absolute Gasteiger partial charge is 0.331 e. The number of anilines is 1. The molecule has 0 aliphatic carbocycles. The molecule has 0 heterocycles. The standard InChI is InChI=1S/C20H21NO3S/c1-3-16-9-7-8-15(2)20(16)21-18(22)14-24-19(23)12-13-25-17-10-5-4-6-11-17/h4-13H,3,14H2,1-2H3,(H,21,22)/b13-12+. The fourth-order valence-electron chi connectivity index (χ4n) is 2.23. The van der Waals surface area contributed by atoms with Crippen molar-refractivity contribution in [3.8, 4) is 0 Å². The molecule has 0 aliphatic heterocycles. The topological polar surface area (TPSA) is 55.4 Å². The van der Waals surface area contributed by atoms with Crippen molar-refractivity contribution in [2.24, 2.45) is 0 Å². The van der Waals surface area contributed by atoms with Crippen molar-refractivity contribution in [3.05, 3.63) is 71.1 Å². The normalized spacial score (nSPS) is 10.6. The maximum absolute atomic E-state index is 12.0. The van der Waals surface area contributed by atoms with Gasteiger partial charge in [-0.05, 0) is 42.0 Å². The van der Waals surface area contributed by atoms with Gasteiger partial charge in [0.15, 0.2) is 6.61 Å². The van der Waals surface area contributed by atoms with Crippen LogP contribution in [-0.4, -0.2) is 18.5 Å². The molecule has 0 spiro atoms. The van der Waals surface area contributed by atoms with Crippen molar-refractivity contribution in [1.29, 1.82) is 0 Å². The third-order valence-electron chi connectivity index (χ3n) is 3.50. The largest absolute Gasteiger partial charge is 0.452 e. The van der Waals surface area contributed by atoms with E-state index in [4.69, 9.17) is 4.74 Å². The molecule has 0 aromatic heterocycles. The number of aryl methyl sites for hydroxylation is 2.